The van der Waals surface area contributed by atoms with Crippen molar-refractivity contribution in [3.63, 3.8) is 0 Å². The molecular weight excluding hydrogens is 750 g/mol. The van der Waals surface area contributed by atoms with Crippen molar-refractivity contribution in [1.82, 2.24) is 35.5 Å². The second-order valence-corrected chi connectivity index (χ2v) is 14.7. The summed E-state index contributed by atoms with van der Waals surface area (Å²) in [5, 5.41) is 17.3. The number of benzene rings is 2. The highest BCUT2D eigenvalue weighted by Gasteiger charge is 2.40. The van der Waals surface area contributed by atoms with E-state index in [0.717, 1.165) is 91.1 Å². The minimum Gasteiger partial charge on any atom is -0.337 e. The molecule has 0 radical (unpaired) electrons. The van der Waals surface area contributed by atoms with Gasteiger partial charge in [-0.15, -0.1) is 0 Å². The van der Waals surface area contributed by atoms with Crippen LogP contribution in [0.15, 0.2) is 36.4 Å². The zero-order valence-electron chi connectivity index (χ0n) is 30.4. The number of amides is 2. The molecule has 4 aliphatic rings. The van der Waals surface area contributed by atoms with Crippen LogP contribution in [0.4, 0.5) is 35.1 Å². The number of rotatable bonds is 4. The van der Waals surface area contributed by atoms with Crippen LogP contribution in [0.3, 0.4) is 0 Å². The number of aromatic amines is 2. The first kappa shape index (κ1) is 39.4. The molecule has 5 heterocycles. The smallest absolute Gasteiger partial charge is 0.337 e. The molecule has 2 aromatic carbocycles. The molecule has 2 saturated heterocycles. The maximum absolute atomic E-state index is 14.2. The van der Waals surface area contributed by atoms with E-state index in [1.54, 1.807) is 9.80 Å². The minimum absolute atomic E-state index is 0.192. The van der Waals surface area contributed by atoms with Gasteiger partial charge >= 0.3 is 12.4 Å². The van der Waals surface area contributed by atoms with Gasteiger partial charge in [0, 0.05) is 60.7 Å². The first-order chi connectivity index (χ1) is 26.7. The highest BCUT2D eigenvalue weighted by molar-refractivity contribution is 5.94. The van der Waals surface area contributed by atoms with Crippen molar-refractivity contribution < 1.29 is 44.7 Å². The molecule has 8 rings (SSSR count). The van der Waals surface area contributed by atoms with Gasteiger partial charge in [-0.2, -0.15) is 36.5 Å². The summed E-state index contributed by atoms with van der Waals surface area (Å²) in [5.41, 5.74) is 2.17. The Morgan fingerprint density at radius 1 is 0.625 bits per heavy atom. The number of nitrogens with zero attached hydrogens (tertiary/aromatic N) is 4. The van der Waals surface area contributed by atoms with Crippen molar-refractivity contribution in [3.05, 3.63) is 104 Å². The van der Waals surface area contributed by atoms with E-state index in [4.69, 9.17) is 0 Å². The predicted octanol–water partition coefficient (Wildman–Crippen LogP) is 7.70. The molecule has 0 unspecified atom stereocenters. The molecular formula is C39H41F8N7O2. The molecule has 2 amide bonds. The van der Waals surface area contributed by atoms with E-state index in [1.165, 1.54) is 0 Å². The molecule has 17 heteroatoms. The van der Waals surface area contributed by atoms with Crippen LogP contribution in [-0.2, 0) is 38.2 Å². The Hall–Kier alpha value is -4.80. The van der Waals surface area contributed by atoms with Crippen LogP contribution >= 0.6 is 0 Å². The average molecular weight is 792 g/mol. The van der Waals surface area contributed by atoms with E-state index in [0.29, 0.717) is 37.2 Å². The van der Waals surface area contributed by atoms with Crippen LogP contribution in [0.5, 0.6) is 0 Å². The Morgan fingerprint density at radius 3 is 1.55 bits per heavy atom. The van der Waals surface area contributed by atoms with E-state index >= 15 is 0 Å². The highest BCUT2D eigenvalue weighted by atomic mass is 19.4. The van der Waals surface area contributed by atoms with Crippen molar-refractivity contribution in [2.75, 3.05) is 32.7 Å². The van der Waals surface area contributed by atoms with Crippen molar-refractivity contribution in [2.24, 2.45) is 0 Å². The van der Waals surface area contributed by atoms with Crippen molar-refractivity contribution in [3.8, 4) is 0 Å². The maximum atomic E-state index is 14.2. The molecule has 9 nitrogen and oxygen atoms in total. The predicted molar refractivity (Wildman–Crippen MR) is 188 cm³/mol. The summed E-state index contributed by atoms with van der Waals surface area (Å²) >= 11 is 0. The Bertz CT molecular complexity index is 1910. The SMILES string of the molecule is O=C(c1n[nH]c2c1CCCC2)N1CCC(c2c(F)cccc2C(F)(F)F)CC1.O=C(c1n[nH]c2c1CCNC2)N1CCC(c2c(F)cccc2C(F)(F)F)CC1. The Labute approximate surface area is 317 Å². The number of halogens is 8. The summed E-state index contributed by atoms with van der Waals surface area (Å²) in [6.07, 6.45) is -3.57. The lowest BCUT2D eigenvalue weighted by Gasteiger charge is -2.33. The molecule has 2 fully saturated rings. The first-order valence-corrected chi connectivity index (χ1v) is 18.8. The fraction of sp³-hybridized carbons (Fsp3) is 0.487. The van der Waals surface area contributed by atoms with Gasteiger partial charge in [0.1, 0.15) is 11.6 Å². The number of hydrogen-bond acceptors (Lipinski definition) is 5. The van der Waals surface area contributed by atoms with Gasteiger partial charge in [-0.05, 0) is 100 Å². The number of piperidine rings is 2. The van der Waals surface area contributed by atoms with Crippen molar-refractivity contribution >= 4 is 11.8 Å². The summed E-state index contributed by atoms with van der Waals surface area (Å²) < 4.78 is 108. The molecule has 3 N–H and O–H groups in total. The quantitative estimate of drug-likeness (QED) is 0.184. The number of nitrogens with one attached hydrogen (secondary N) is 3. The fourth-order valence-electron chi connectivity index (χ4n) is 8.52. The van der Waals surface area contributed by atoms with Gasteiger partial charge < -0.3 is 15.1 Å². The topological polar surface area (TPSA) is 110 Å². The molecule has 0 atom stereocenters. The fourth-order valence-corrected chi connectivity index (χ4v) is 8.52. The number of hydrogen-bond donors (Lipinski definition) is 3. The molecule has 56 heavy (non-hydrogen) atoms. The van der Waals surface area contributed by atoms with E-state index in [-0.39, 0.29) is 62.0 Å². The Morgan fingerprint density at radius 2 is 1.07 bits per heavy atom. The number of aromatic nitrogens is 4. The van der Waals surface area contributed by atoms with Gasteiger partial charge in [0.15, 0.2) is 11.4 Å². The largest absolute Gasteiger partial charge is 0.416 e. The molecule has 1 aliphatic carbocycles. The van der Waals surface area contributed by atoms with Gasteiger partial charge in [0.05, 0.1) is 16.8 Å². The summed E-state index contributed by atoms with van der Waals surface area (Å²) in [6.45, 7) is 2.52. The van der Waals surface area contributed by atoms with Gasteiger partial charge in [0.25, 0.3) is 11.8 Å². The van der Waals surface area contributed by atoms with E-state index < -0.39 is 46.9 Å². The zero-order valence-corrected chi connectivity index (χ0v) is 30.4. The minimum atomic E-state index is -4.60. The number of carbonyl (C=O) groups is 2. The third-order valence-electron chi connectivity index (χ3n) is 11.4. The van der Waals surface area contributed by atoms with Crippen LogP contribution < -0.4 is 5.32 Å². The number of fused-ring (bicyclic) bond motifs is 2. The number of aryl methyl sites for hydroxylation is 1. The molecule has 4 aromatic rings. The molecule has 300 valence electrons. The van der Waals surface area contributed by atoms with E-state index in [2.05, 4.69) is 25.7 Å². The first-order valence-electron chi connectivity index (χ1n) is 18.8. The van der Waals surface area contributed by atoms with Gasteiger partial charge in [-0.3, -0.25) is 19.8 Å². The molecule has 0 saturated carbocycles. The average Bonchev–Trinajstić information content (AvgIpc) is 3.82. The Balaban J connectivity index is 0.000000172. The summed E-state index contributed by atoms with van der Waals surface area (Å²) in [7, 11) is 0. The maximum Gasteiger partial charge on any atom is 0.416 e. The van der Waals surface area contributed by atoms with Crippen LogP contribution in [0.2, 0.25) is 0 Å². The van der Waals surface area contributed by atoms with Gasteiger partial charge in [-0.25, -0.2) is 8.78 Å². The number of H-pyrrole nitrogens is 2. The van der Waals surface area contributed by atoms with E-state index in [1.807, 2.05) is 0 Å². The van der Waals surface area contributed by atoms with Crippen molar-refractivity contribution in [2.45, 2.75) is 88.5 Å². The second kappa shape index (κ2) is 16.0. The summed E-state index contributed by atoms with van der Waals surface area (Å²) in [4.78, 5) is 28.9. The van der Waals surface area contributed by atoms with Crippen LogP contribution in [0.25, 0.3) is 0 Å². The van der Waals surface area contributed by atoms with Gasteiger partial charge in [0.2, 0.25) is 0 Å². The number of carbonyl (C=O) groups excluding carboxylic acids is 2. The summed E-state index contributed by atoms with van der Waals surface area (Å²) in [6, 6.07) is 6.13. The van der Waals surface area contributed by atoms with E-state index in [9.17, 15) is 44.7 Å². The standard InChI is InChI=1S/C20H21F4N3O.C19H20F4N4O/c21-15-6-3-5-14(20(22,23)24)17(15)12-8-10-27(11-9-12)19(28)18-13-4-1-2-7-16(13)25-26-18;20-14-3-1-2-13(19(21,22)23)16(14)11-5-8-27(9-6-11)18(28)17-12-4-7-24-10-15(12)25-26-17/h3,5-6,12H,1-2,4,7-11H2,(H,25,26);1-3,11,24H,4-10H2,(H,25,26). The van der Waals surface area contributed by atoms with Crippen LogP contribution in [-0.4, -0.2) is 74.7 Å². The lowest BCUT2D eigenvalue weighted by Crippen LogP contribution is -2.39. The zero-order chi connectivity index (χ0) is 39.8. The monoisotopic (exact) mass is 791 g/mol. The highest BCUT2D eigenvalue weighted by Crippen LogP contribution is 2.42. The summed E-state index contributed by atoms with van der Waals surface area (Å²) in [5.74, 6) is -3.21. The molecule has 2 aromatic heterocycles. The lowest BCUT2D eigenvalue weighted by atomic mass is 9.85. The number of likely N-dealkylation sites (tertiary alicyclic amines) is 2. The molecule has 0 bridgehead atoms. The van der Waals surface area contributed by atoms with Crippen LogP contribution in [0, 0.1) is 11.6 Å². The second-order valence-electron chi connectivity index (χ2n) is 14.7. The molecule has 0 spiro atoms. The third-order valence-corrected chi connectivity index (χ3v) is 11.4. The van der Waals surface area contributed by atoms with Crippen molar-refractivity contribution in [1.29, 1.82) is 0 Å². The number of alkyl halides is 6. The Kier molecular flexibility index (Phi) is 11.3. The van der Waals surface area contributed by atoms with Crippen LogP contribution in [0.1, 0.15) is 116 Å². The lowest BCUT2D eigenvalue weighted by molar-refractivity contribution is -0.139. The third kappa shape index (κ3) is 8.04. The van der Waals surface area contributed by atoms with Gasteiger partial charge in [-0.1, -0.05) is 12.1 Å². The molecule has 3 aliphatic heterocycles. The normalized spacial score (nSPS) is 18.2.